The largest absolute Gasteiger partial charge is 0.494 e. The molecule has 0 aromatic heterocycles. The standard InChI is InChI=1S/C35H50O4/c1-3-5-7-8-9-11-27-37-32-21-19-31(20-22-32)35(36)39-34-25-23-33(24-26-34)38-28-12-14-30-17-15-29(16-18-30)13-10-6-4-2/h12,14,19-26,29-30H,3-11,13,15-18,27-28H2,1-2H3/b14-12+. The smallest absolute Gasteiger partial charge is 0.343 e. The molecule has 214 valence electrons. The van der Waals surface area contributed by atoms with Crippen LogP contribution in [0, 0.1) is 11.8 Å². The summed E-state index contributed by atoms with van der Waals surface area (Å²) in [6.45, 7) is 5.78. The SMILES string of the molecule is CCCCCCCCOc1ccc(C(=O)Oc2ccc(OC/C=C/C3CCC(CCCCC)CC3)cc2)cc1. The number of rotatable bonds is 18. The fraction of sp³-hybridized carbons (Fsp3) is 0.571. The van der Waals surface area contributed by atoms with Gasteiger partial charge in [-0.3, -0.25) is 0 Å². The Balaban J connectivity index is 1.31. The van der Waals surface area contributed by atoms with Gasteiger partial charge in [-0.2, -0.15) is 0 Å². The summed E-state index contributed by atoms with van der Waals surface area (Å²) >= 11 is 0. The van der Waals surface area contributed by atoms with Crippen molar-refractivity contribution in [2.45, 2.75) is 104 Å². The quantitative estimate of drug-likeness (QED) is 0.0826. The molecule has 0 radical (unpaired) electrons. The van der Waals surface area contributed by atoms with Crippen LogP contribution in [0.2, 0.25) is 0 Å². The molecule has 39 heavy (non-hydrogen) atoms. The Morgan fingerprint density at radius 3 is 2.03 bits per heavy atom. The molecule has 0 bridgehead atoms. The van der Waals surface area contributed by atoms with Crippen molar-refractivity contribution in [3.63, 3.8) is 0 Å². The summed E-state index contributed by atoms with van der Waals surface area (Å²) in [7, 11) is 0. The van der Waals surface area contributed by atoms with Gasteiger partial charge >= 0.3 is 5.97 Å². The molecular formula is C35H50O4. The second kappa shape index (κ2) is 18.5. The van der Waals surface area contributed by atoms with E-state index in [1.165, 1.54) is 83.5 Å². The van der Waals surface area contributed by atoms with Crippen molar-refractivity contribution in [2.24, 2.45) is 11.8 Å². The normalized spacial score (nSPS) is 17.3. The number of benzene rings is 2. The highest BCUT2D eigenvalue weighted by molar-refractivity contribution is 5.91. The van der Waals surface area contributed by atoms with Gasteiger partial charge in [-0.25, -0.2) is 4.79 Å². The zero-order valence-corrected chi connectivity index (χ0v) is 24.4. The molecule has 1 saturated carbocycles. The minimum atomic E-state index is -0.380. The van der Waals surface area contributed by atoms with E-state index >= 15 is 0 Å². The predicted molar refractivity (Wildman–Crippen MR) is 161 cm³/mol. The number of unbranched alkanes of at least 4 members (excludes halogenated alkanes) is 7. The van der Waals surface area contributed by atoms with Crippen LogP contribution >= 0.6 is 0 Å². The fourth-order valence-electron chi connectivity index (χ4n) is 5.27. The van der Waals surface area contributed by atoms with Crippen molar-refractivity contribution in [3.8, 4) is 17.2 Å². The van der Waals surface area contributed by atoms with Gasteiger partial charge < -0.3 is 14.2 Å². The fourth-order valence-corrected chi connectivity index (χ4v) is 5.27. The Kier molecular flexibility index (Phi) is 14.6. The summed E-state index contributed by atoms with van der Waals surface area (Å²) in [4.78, 5) is 12.5. The molecule has 2 aromatic rings. The Bertz CT molecular complexity index is 940. The van der Waals surface area contributed by atoms with Crippen LogP contribution in [0.3, 0.4) is 0 Å². The molecule has 0 heterocycles. The average molecular weight is 535 g/mol. The molecule has 0 N–H and O–H groups in total. The van der Waals surface area contributed by atoms with E-state index in [2.05, 4.69) is 26.0 Å². The minimum Gasteiger partial charge on any atom is -0.494 e. The monoisotopic (exact) mass is 534 g/mol. The number of allylic oxidation sites excluding steroid dienone is 1. The molecule has 0 spiro atoms. The second-order valence-electron chi connectivity index (χ2n) is 11.0. The van der Waals surface area contributed by atoms with Crippen molar-refractivity contribution in [1.82, 2.24) is 0 Å². The van der Waals surface area contributed by atoms with Gasteiger partial charge in [0.05, 0.1) is 12.2 Å². The van der Waals surface area contributed by atoms with E-state index in [-0.39, 0.29) is 5.97 Å². The predicted octanol–water partition coefficient (Wildman–Crippen LogP) is 9.97. The first-order valence-electron chi connectivity index (χ1n) is 15.5. The Morgan fingerprint density at radius 1 is 0.718 bits per heavy atom. The summed E-state index contributed by atoms with van der Waals surface area (Å²) in [6.07, 6.45) is 22.8. The van der Waals surface area contributed by atoms with Crippen molar-refractivity contribution >= 4 is 5.97 Å². The summed E-state index contributed by atoms with van der Waals surface area (Å²) in [5.74, 6) is 3.31. The van der Waals surface area contributed by atoms with Crippen LogP contribution in [0.15, 0.2) is 60.7 Å². The Morgan fingerprint density at radius 2 is 1.31 bits per heavy atom. The van der Waals surface area contributed by atoms with E-state index in [1.807, 2.05) is 24.3 Å². The van der Waals surface area contributed by atoms with E-state index in [9.17, 15) is 4.79 Å². The molecule has 0 saturated heterocycles. The third-order valence-corrected chi connectivity index (χ3v) is 7.75. The lowest BCUT2D eigenvalue weighted by atomic mass is 9.79. The van der Waals surface area contributed by atoms with Crippen LogP contribution in [0.4, 0.5) is 0 Å². The highest BCUT2D eigenvalue weighted by Gasteiger charge is 2.18. The van der Waals surface area contributed by atoms with Crippen LogP contribution in [0.5, 0.6) is 17.2 Å². The molecule has 1 fully saturated rings. The van der Waals surface area contributed by atoms with Gasteiger partial charge in [0, 0.05) is 0 Å². The maximum absolute atomic E-state index is 12.5. The zero-order valence-electron chi connectivity index (χ0n) is 24.4. The molecule has 1 aliphatic carbocycles. The van der Waals surface area contributed by atoms with E-state index in [1.54, 1.807) is 24.3 Å². The molecule has 4 nitrogen and oxygen atoms in total. The van der Waals surface area contributed by atoms with E-state index < -0.39 is 0 Å². The first kappa shape index (κ1) is 30.8. The highest BCUT2D eigenvalue weighted by Crippen LogP contribution is 2.32. The second-order valence-corrected chi connectivity index (χ2v) is 11.0. The number of carbonyl (C=O) groups is 1. The zero-order chi connectivity index (χ0) is 27.5. The highest BCUT2D eigenvalue weighted by atomic mass is 16.5. The lowest BCUT2D eigenvalue weighted by molar-refractivity contribution is 0.0734. The molecule has 0 amide bonds. The maximum atomic E-state index is 12.5. The molecule has 2 aromatic carbocycles. The van der Waals surface area contributed by atoms with Crippen molar-refractivity contribution in [3.05, 3.63) is 66.2 Å². The summed E-state index contributed by atoms with van der Waals surface area (Å²) < 4.78 is 17.2. The molecule has 0 atom stereocenters. The molecule has 0 unspecified atom stereocenters. The number of hydrogen-bond donors (Lipinski definition) is 0. The number of ether oxygens (including phenoxy) is 3. The topological polar surface area (TPSA) is 44.8 Å². The number of esters is 1. The summed E-state index contributed by atoms with van der Waals surface area (Å²) in [6, 6.07) is 14.4. The van der Waals surface area contributed by atoms with Gasteiger partial charge in [-0.15, -0.1) is 0 Å². The molecule has 4 heteroatoms. The lowest BCUT2D eigenvalue weighted by Gasteiger charge is -2.26. The van der Waals surface area contributed by atoms with Gasteiger partial charge in [0.25, 0.3) is 0 Å². The third-order valence-electron chi connectivity index (χ3n) is 7.75. The molecule has 3 rings (SSSR count). The van der Waals surface area contributed by atoms with E-state index in [0.29, 0.717) is 30.4 Å². The van der Waals surface area contributed by atoms with Crippen LogP contribution in [0.25, 0.3) is 0 Å². The molecule has 1 aliphatic rings. The van der Waals surface area contributed by atoms with Crippen molar-refractivity contribution in [2.75, 3.05) is 13.2 Å². The van der Waals surface area contributed by atoms with Crippen LogP contribution in [-0.2, 0) is 0 Å². The molecule has 0 aliphatic heterocycles. The van der Waals surface area contributed by atoms with Gasteiger partial charge in [-0.05, 0) is 92.5 Å². The third kappa shape index (κ3) is 12.3. The first-order valence-corrected chi connectivity index (χ1v) is 15.5. The molecular weight excluding hydrogens is 484 g/mol. The number of carbonyl (C=O) groups excluding carboxylic acids is 1. The average Bonchev–Trinajstić information content (AvgIpc) is 2.97. The Labute approximate surface area is 237 Å². The summed E-state index contributed by atoms with van der Waals surface area (Å²) in [5, 5.41) is 0. The van der Waals surface area contributed by atoms with Crippen LogP contribution in [-0.4, -0.2) is 19.2 Å². The lowest BCUT2D eigenvalue weighted by Crippen LogP contribution is -2.13. The number of hydrogen-bond acceptors (Lipinski definition) is 4. The maximum Gasteiger partial charge on any atom is 0.343 e. The van der Waals surface area contributed by atoms with Crippen molar-refractivity contribution < 1.29 is 19.0 Å². The van der Waals surface area contributed by atoms with Crippen molar-refractivity contribution in [1.29, 1.82) is 0 Å². The minimum absolute atomic E-state index is 0.380. The Hall–Kier alpha value is -2.75. The van der Waals surface area contributed by atoms with Crippen LogP contribution < -0.4 is 14.2 Å². The van der Waals surface area contributed by atoms with E-state index in [4.69, 9.17) is 14.2 Å². The summed E-state index contributed by atoms with van der Waals surface area (Å²) in [5.41, 5.74) is 0.502. The van der Waals surface area contributed by atoms with Gasteiger partial charge in [0.1, 0.15) is 23.9 Å². The van der Waals surface area contributed by atoms with Gasteiger partial charge in [0.15, 0.2) is 0 Å². The first-order chi connectivity index (χ1) is 19.2. The van der Waals surface area contributed by atoms with Gasteiger partial charge in [-0.1, -0.05) is 83.8 Å². The van der Waals surface area contributed by atoms with E-state index in [0.717, 1.165) is 23.8 Å². The van der Waals surface area contributed by atoms with Gasteiger partial charge in [0.2, 0.25) is 0 Å². The van der Waals surface area contributed by atoms with Crippen LogP contribution in [0.1, 0.15) is 114 Å².